The molecule has 0 aliphatic carbocycles. The molecule has 64 valence electrons. The fraction of sp³-hybridized carbons (Fsp3) is 0.875. The SMILES string of the molecule is CCC1N=C(C)C(C)(C)N1O. The van der Waals surface area contributed by atoms with Crippen molar-refractivity contribution in [1.29, 1.82) is 0 Å². The molecule has 0 spiro atoms. The summed E-state index contributed by atoms with van der Waals surface area (Å²) in [5.74, 6) is 0. The van der Waals surface area contributed by atoms with Gasteiger partial charge in [-0.25, -0.2) is 0 Å². The Morgan fingerprint density at radius 1 is 1.64 bits per heavy atom. The summed E-state index contributed by atoms with van der Waals surface area (Å²) in [4.78, 5) is 4.33. The van der Waals surface area contributed by atoms with Gasteiger partial charge in [0.15, 0.2) is 0 Å². The fourth-order valence-corrected chi connectivity index (χ4v) is 1.24. The van der Waals surface area contributed by atoms with Crippen molar-refractivity contribution in [3.8, 4) is 0 Å². The monoisotopic (exact) mass is 156 g/mol. The van der Waals surface area contributed by atoms with Gasteiger partial charge in [0.1, 0.15) is 6.17 Å². The summed E-state index contributed by atoms with van der Waals surface area (Å²) in [6, 6.07) is 0. The standard InChI is InChI=1S/C8H16N2O/c1-5-7-9-6(2)8(3,4)10(7)11/h7,11H,5H2,1-4H3. The molecule has 1 unspecified atom stereocenters. The van der Waals surface area contributed by atoms with E-state index in [-0.39, 0.29) is 11.7 Å². The van der Waals surface area contributed by atoms with Crippen molar-refractivity contribution in [2.24, 2.45) is 4.99 Å². The van der Waals surface area contributed by atoms with Crippen molar-refractivity contribution in [3.63, 3.8) is 0 Å². The smallest absolute Gasteiger partial charge is 0.125 e. The Bertz CT molecular complexity index is 187. The zero-order chi connectivity index (χ0) is 8.65. The van der Waals surface area contributed by atoms with Crippen LogP contribution in [0.5, 0.6) is 0 Å². The zero-order valence-corrected chi connectivity index (χ0v) is 7.63. The summed E-state index contributed by atoms with van der Waals surface area (Å²) in [7, 11) is 0. The minimum atomic E-state index is -0.277. The van der Waals surface area contributed by atoms with Gasteiger partial charge < -0.3 is 5.21 Å². The molecule has 0 aromatic carbocycles. The molecule has 1 heterocycles. The van der Waals surface area contributed by atoms with E-state index in [0.717, 1.165) is 12.1 Å². The Morgan fingerprint density at radius 3 is 2.36 bits per heavy atom. The van der Waals surface area contributed by atoms with E-state index in [2.05, 4.69) is 4.99 Å². The average Bonchev–Trinajstić information content (AvgIpc) is 2.14. The van der Waals surface area contributed by atoms with Crippen LogP contribution in [0, 0.1) is 0 Å². The van der Waals surface area contributed by atoms with Crippen LogP contribution >= 0.6 is 0 Å². The van der Waals surface area contributed by atoms with Crippen LogP contribution in [-0.2, 0) is 0 Å². The topological polar surface area (TPSA) is 35.8 Å². The predicted octanol–water partition coefficient (Wildman–Crippen LogP) is 1.67. The maximum atomic E-state index is 9.61. The van der Waals surface area contributed by atoms with Crippen LogP contribution in [0.4, 0.5) is 0 Å². The van der Waals surface area contributed by atoms with E-state index in [1.807, 2.05) is 27.7 Å². The molecule has 3 nitrogen and oxygen atoms in total. The molecule has 1 rings (SSSR count). The zero-order valence-electron chi connectivity index (χ0n) is 7.63. The Balaban J connectivity index is 2.84. The fourth-order valence-electron chi connectivity index (χ4n) is 1.24. The summed E-state index contributed by atoms with van der Waals surface area (Å²) in [6.07, 6.45) is 0.821. The molecule has 0 saturated carbocycles. The lowest BCUT2D eigenvalue weighted by Gasteiger charge is -2.28. The van der Waals surface area contributed by atoms with E-state index in [1.54, 1.807) is 0 Å². The molecule has 0 bridgehead atoms. The number of nitrogens with zero attached hydrogens (tertiary/aromatic N) is 2. The summed E-state index contributed by atoms with van der Waals surface area (Å²) >= 11 is 0. The minimum Gasteiger partial charge on any atom is -0.311 e. The summed E-state index contributed by atoms with van der Waals surface area (Å²) in [6.45, 7) is 7.92. The van der Waals surface area contributed by atoms with E-state index in [0.29, 0.717) is 0 Å². The van der Waals surface area contributed by atoms with Crippen LogP contribution in [0.2, 0.25) is 0 Å². The first kappa shape index (κ1) is 8.68. The molecule has 0 radical (unpaired) electrons. The Hall–Kier alpha value is -0.410. The maximum Gasteiger partial charge on any atom is 0.125 e. The van der Waals surface area contributed by atoms with Crippen molar-refractivity contribution in [3.05, 3.63) is 0 Å². The van der Waals surface area contributed by atoms with Gasteiger partial charge in [0.05, 0.1) is 5.54 Å². The molecule has 0 aromatic heterocycles. The number of rotatable bonds is 1. The molecule has 1 atom stereocenters. The van der Waals surface area contributed by atoms with Gasteiger partial charge in [-0.05, 0) is 27.2 Å². The second kappa shape index (κ2) is 2.57. The van der Waals surface area contributed by atoms with Gasteiger partial charge in [-0.15, -0.1) is 0 Å². The minimum absolute atomic E-state index is 0.0370. The third kappa shape index (κ3) is 1.19. The van der Waals surface area contributed by atoms with Crippen molar-refractivity contribution < 1.29 is 5.21 Å². The van der Waals surface area contributed by atoms with Gasteiger partial charge in [0.2, 0.25) is 0 Å². The third-order valence-electron chi connectivity index (χ3n) is 2.45. The lowest BCUT2D eigenvalue weighted by Crippen LogP contribution is -2.45. The van der Waals surface area contributed by atoms with Crippen LogP contribution in [0.25, 0.3) is 0 Å². The number of hydrogen-bond donors (Lipinski definition) is 1. The highest BCUT2D eigenvalue weighted by atomic mass is 16.5. The van der Waals surface area contributed by atoms with Gasteiger partial charge in [0.25, 0.3) is 0 Å². The van der Waals surface area contributed by atoms with E-state index >= 15 is 0 Å². The highest BCUT2D eigenvalue weighted by Gasteiger charge is 2.38. The Kier molecular flexibility index (Phi) is 2.03. The molecule has 1 N–H and O–H groups in total. The van der Waals surface area contributed by atoms with Crippen LogP contribution in [0.3, 0.4) is 0 Å². The van der Waals surface area contributed by atoms with Crippen LogP contribution in [-0.4, -0.2) is 27.7 Å². The maximum absolute atomic E-state index is 9.61. The lowest BCUT2D eigenvalue weighted by atomic mass is 10.0. The molecule has 11 heavy (non-hydrogen) atoms. The largest absolute Gasteiger partial charge is 0.311 e. The molecular weight excluding hydrogens is 140 g/mol. The second-order valence-electron chi connectivity index (χ2n) is 3.51. The van der Waals surface area contributed by atoms with Gasteiger partial charge >= 0.3 is 0 Å². The molecule has 0 fully saturated rings. The Labute approximate surface area is 67.7 Å². The first-order chi connectivity index (χ1) is 5.00. The van der Waals surface area contributed by atoms with Crippen LogP contribution < -0.4 is 0 Å². The summed E-state index contributed by atoms with van der Waals surface area (Å²) in [5.41, 5.74) is 0.729. The van der Waals surface area contributed by atoms with Gasteiger partial charge in [-0.2, -0.15) is 5.06 Å². The van der Waals surface area contributed by atoms with Gasteiger partial charge in [-0.1, -0.05) is 6.92 Å². The molecule has 0 aromatic rings. The molecule has 1 aliphatic rings. The molecule has 0 saturated heterocycles. The highest BCUT2D eigenvalue weighted by molar-refractivity contribution is 5.92. The first-order valence-corrected chi connectivity index (χ1v) is 4.03. The first-order valence-electron chi connectivity index (χ1n) is 4.03. The molecule has 3 heteroatoms. The number of hydroxylamine groups is 2. The van der Waals surface area contributed by atoms with Gasteiger partial charge in [0, 0.05) is 5.71 Å². The quantitative estimate of drug-likeness (QED) is 0.626. The Morgan fingerprint density at radius 2 is 2.18 bits per heavy atom. The van der Waals surface area contributed by atoms with Crippen LogP contribution in [0.15, 0.2) is 4.99 Å². The van der Waals surface area contributed by atoms with E-state index in [1.165, 1.54) is 5.06 Å². The highest BCUT2D eigenvalue weighted by Crippen LogP contribution is 2.26. The number of hydrogen-bond acceptors (Lipinski definition) is 3. The second-order valence-corrected chi connectivity index (χ2v) is 3.51. The van der Waals surface area contributed by atoms with E-state index in [4.69, 9.17) is 0 Å². The normalized spacial score (nSPS) is 30.6. The molecule has 0 amide bonds. The third-order valence-corrected chi connectivity index (χ3v) is 2.45. The van der Waals surface area contributed by atoms with Crippen molar-refractivity contribution in [1.82, 2.24) is 5.06 Å². The van der Waals surface area contributed by atoms with Crippen molar-refractivity contribution in [2.45, 2.75) is 45.8 Å². The van der Waals surface area contributed by atoms with Crippen molar-refractivity contribution in [2.75, 3.05) is 0 Å². The summed E-state index contributed by atoms with van der Waals surface area (Å²) < 4.78 is 0. The molecular formula is C8H16N2O. The predicted molar refractivity (Wildman–Crippen MR) is 44.9 cm³/mol. The van der Waals surface area contributed by atoms with E-state index in [9.17, 15) is 5.21 Å². The lowest BCUT2D eigenvalue weighted by molar-refractivity contribution is -0.158. The number of aliphatic imine (C=N–C) groups is 1. The van der Waals surface area contributed by atoms with Crippen LogP contribution in [0.1, 0.15) is 34.1 Å². The average molecular weight is 156 g/mol. The van der Waals surface area contributed by atoms with Crippen molar-refractivity contribution >= 4 is 5.71 Å². The molecule has 1 aliphatic heterocycles. The summed E-state index contributed by atoms with van der Waals surface area (Å²) in [5, 5.41) is 10.9. The van der Waals surface area contributed by atoms with Gasteiger partial charge in [-0.3, -0.25) is 4.99 Å². The van der Waals surface area contributed by atoms with E-state index < -0.39 is 0 Å².